The molecule has 10 nitrogen and oxygen atoms in total. The summed E-state index contributed by atoms with van der Waals surface area (Å²) in [7, 11) is -2.89. The highest BCUT2D eigenvalue weighted by atomic mass is 35.5. The van der Waals surface area contributed by atoms with Crippen LogP contribution in [0.15, 0.2) is 19.0 Å². The molecule has 5 saturated heterocycles. The van der Waals surface area contributed by atoms with Crippen LogP contribution in [0.1, 0.15) is 24.9 Å². The Morgan fingerprint density at radius 3 is 2.24 bits per heavy atom. The Hall–Kier alpha value is -0.530. The van der Waals surface area contributed by atoms with Crippen LogP contribution in [0.5, 0.6) is 0 Å². The van der Waals surface area contributed by atoms with Crippen molar-refractivity contribution in [3.05, 3.63) is 30.4 Å². The maximum Gasteiger partial charge on any atom is 0.347 e. The molecule has 10 aliphatic rings. The maximum absolute atomic E-state index is 13.8. The minimum Gasteiger partial charge on any atom is -0.380 e. The van der Waals surface area contributed by atoms with Gasteiger partial charge < -0.3 is 4.74 Å². The van der Waals surface area contributed by atoms with E-state index >= 15 is 0 Å². The average Bonchev–Trinajstić information content (AvgIpc) is 3.43. The third-order valence-electron chi connectivity index (χ3n) is 10.7. The normalized spacial score (nSPS) is 56.6. The van der Waals surface area contributed by atoms with Crippen LogP contribution in [-0.4, -0.2) is 72.9 Å². The predicted octanol–water partition coefficient (Wildman–Crippen LogP) is 0.482. The second-order valence-corrected chi connectivity index (χ2v) is 15.3. The van der Waals surface area contributed by atoms with Crippen LogP contribution in [0, 0.1) is 16.7 Å². The highest BCUT2D eigenvalue weighted by Gasteiger charge is 2.97. The lowest BCUT2D eigenvalue weighted by atomic mass is 9.43. The zero-order valence-electron chi connectivity index (χ0n) is 17.5. The highest BCUT2D eigenvalue weighted by molar-refractivity contribution is 8.00. The van der Waals surface area contributed by atoms with E-state index in [0.29, 0.717) is 19.6 Å². The molecule has 182 valence electrons. The molecule has 11 rings (SSSR count). The van der Waals surface area contributed by atoms with Crippen molar-refractivity contribution in [3.8, 4) is 0 Å². The Bertz CT molecular complexity index is 1570. The fraction of sp³-hybridized carbons (Fsp3) is 0.789. The SMILES string of the molecule is Cn1c(=O)n2n(c1=O)[C@@H]1[C@@H]3[C@@H]4[C@H]2[C@]25COC[C@]12[C@H]1CC[C@@H]5N4N1[C@]1(Cl)[C@@]3(Cl)C(Cl)=C(Cl)S1(=O)=O. The van der Waals surface area contributed by atoms with E-state index in [1.54, 1.807) is 9.69 Å². The van der Waals surface area contributed by atoms with Crippen LogP contribution in [0.25, 0.3) is 0 Å². The highest BCUT2D eigenvalue weighted by Crippen LogP contribution is 2.87. The van der Waals surface area contributed by atoms with E-state index in [1.807, 2.05) is 0 Å². The summed E-state index contributed by atoms with van der Waals surface area (Å²) in [5.74, 6) is -0.686. The zero-order valence-corrected chi connectivity index (χ0v) is 21.3. The quantitative estimate of drug-likeness (QED) is 0.332. The lowest BCUT2D eigenvalue weighted by Crippen LogP contribution is -2.80. The first-order valence-electron chi connectivity index (χ1n) is 11.2. The van der Waals surface area contributed by atoms with Gasteiger partial charge >= 0.3 is 11.4 Å². The van der Waals surface area contributed by atoms with Crippen molar-refractivity contribution in [1.82, 2.24) is 23.9 Å². The molecule has 2 saturated carbocycles. The van der Waals surface area contributed by atoms with Gasteiger partial charge in [-0.15, -0.1) is 11.6 Å². The second-order valence-electron chi connectivity index (χ2n) is 11.0. The van der Waals surface area contributed by atoms with E-state index in [-0.39, 0.29) is 23.2 Å². The molecular formula is C19H17Cl4N5O5S. The Kier molecular flexibility index (Phi) is 3.07. The maximum atomic E-state index is 13.8. The molecule has 1 spiro atoms. The van der Waals surface area contributed by atoms with Gasteiger partial charge in [0.25, 0.3) is 0 Å². The van der Waals surface area contributed by atoms with Crippen molar-refractivity contribution in [3.63, 3.8) is 0 Å². The van der Waals surface area contributed by atoms with Crippen molar-refractivity contribution in [2.75, 3.05) is 13.2 Å². The molecule has 10 atom stereocenters. The molecule has 0 aromatic carbocycles. The Balaban J connectivity index is 1.52. The molecule has 8 aliphatic heterocycles. The Morgan fingerprint density at radius 1 is 0.971 bits per heavy atom. The van der Waals surface area contributed by atoms with E-state index in [2.05, 4.69) is 5.01 Å². The Morgan fingerprint density at radius 2 is 1.56 bits per heavy atom. The van der Waals surface area contributed by atoms with Gasteiger partial charge in [-0.3, -0.25) is 0 Å². The van der Waals surface area contributed by atoms with Gasteiger partial charge in [0.15, 0.2) is 4.36 Å². The first-order chi connectivity index (χ1) is 16.0. The van der Waals surface area contributed by atoms with Crippen LogP contribution in [0.3, 0.4) is 0 Å². The van der Waals surface area contributed by atoms with Gasteiger partial charge in [-0.2, -0.15) is 0 Å². The van der Waals surface area contributed by atoms with Crippen molar-refractivity contribution in [2.24, 2.45) is 23.8 Å². The molecule has 0 unspecified atom stereocenters. The molecule has 1 aromatic rings. The monoisotopic (exact) mass is 567 g/mol. The number of sulfone groups is 1. The van der Waals surface area contributed by atoms with Gasteiger partial charge in [-0.1, -0.05) is 34.8 Å². The molecule has 1 aromatic heterocycles. The molecule has 0 radical (unpaired) electrons. The summed E-state index contributed by atoms with van der Waals surface area (Å²) < 4.78 is 35.4. The summed E-state index contributed by atoms with van der Waals surface area (Å²) >= 11 is 27.7. The summed E-state index contributed by atoms with van der Waals surface area (Å²) in [5.41, 5.74) is -1.97. The van der Waals surface area contributed by atoms with Gasteiger partial charge in [0.05, 0.1) is 36.4 Å². The first kappa shape index (κ1) is 20.5. The summed E-state index contributed by atoms with van der Waals surface area (Å²) in [5, 5.41) is 3.60. The van der Waals surface area contributed by atoms with Crippen molar-refractivity contribution in [1.29, 1.82) is 0 Å². The standard InChI is InChI=1S/C19H17Cl4N5O5S/c1-24-14(29)26-11-8-9-12(27(26)15(24)30)16-4-33-5-17(11,16)7-3-2-6(16)25(9)28(7)19(23)18(8,22)10(20)13(21)34(19,31)32/h6-9,11-12H,2-5H2,1H3/t6-,7+,8-,9+,11+,12-,16+,17-,18-,19+/m0/s1. The number of rotatable bonds is 0. The van der Waals surface area contributed by atoms with Gasteiger partial charge in [0, 0.05) is 35.9 Å². The molecular weight excluding hydrogens is 552 g/mol. The average molecular weight is 569 g/mol. The Labute approximate surface area is 212 Å². The molecule has 0 N–H and O–H groups in total. The van der Waals surface area contributed by atoms with Gasteiger partial charge in [0.2, 0.25) is 14.2 Å². The minimum absolute atomic E-state index is 0.108. The van der Waals surface area contributed by atoms with E-state index in [9.17, 15) is 18.0 Å². The number of nitrogens with zero attached hydrogens (tertiary/aromatic N) is 5. The van der Waals surface area contributed by atoms with Crippen LogP contribution in [-0.2, 0) is 21.6 Å². The number of hydrogen-bond donors (Lipinski definition) is 0. The topological polar surface area (TPSA) is 98.8 Å². The van der Waals surface area contributed by atoms with Crippen LogP contribution >= 0.6 is 46.4 Å². The van der Waals surface area contributed by atoms with Crippen molar-refractivity contribution < 1.29 is 13.2 Å². The van der Waals surface area contributed by atoms with Crippen LogP contribution < -0.4 is 11.4 Å². The summed E-state index contributed by atoms with van der Waals surface area (Å²) in [6.07, 6.45) is 1.47. The minimum atomic E-state index is -4.35. The predicted molar refractivity (Wildman–Crippen MR) is 120 cm³/mol. The largest absolute Gasteiger partial charge is 0.380 e. The number of alkyl halides is 2. The number of hydrogen-bond acceptors (Lipinski definition) is 7. The number of hydrazine groups is 1. The van der Waals surface area contributed by atoms with E-state index in [0.717, 1.165) is 11.0 Å². The molecule has 34 heavy (non-hydrogen) atoms. The lowest BCUT2D eigenvalue weighted by Gasteiger charge is -2.67. The van der Waals surface area contributed by atoms with Crippen LogP contribution in [0.4, 0.5) is 0 Å². The molecule has 15 heteroatoms. The fourth-order valence-electron chi connectivity index (χ4n) is 10.1. The summed E-state index contributed by atoms with van der Waals surface area (Å²) in [4.78, 5) is 25.1. The van der Waals surface area contributed by atoms with Gasteiger partial charge in [0.1, 0.15) is 4.87 Å². The zero-order chi connectivity index (χ0) is 23.7. The first-order valence-corrected chi connectivity index (χ1v) is 14.2. The van der Waals surface area contributed by atoms with E-state index in [1.165, 1.54) is 11.7 Å². The number of fused-ring (bicyclic) bond motifs is 2. The third kappa shape index (κ3) is 1.34. The molecule has 7 bridgehead atoms. The smallest absolute Gasteiger partial charge is 0.347 e. The van der Waals surface area contributed by atoms with Crippen molar-refractivity contribution >= 4 is 56.2 Å². The summed E-state index contributed by atoms with van der Waals surface area (Å²) in [6.45, 7) is 0.757. The molecule has 2 aliphatic carbocycles. The van der Waals surface area contributed by atoms with Crippen molar-refractivity contribution in [2.45, 2.75) is 52.3 Å². The molecule has 7 fully saturated rings. The fourth-order valence-corrected chi connectivity index (χ4v) is 14.6. The number of aromatic nitrogens is 3. The van der Waals surface area contributed by atoms with Gasteiger partial charge in [-0.05, 0) is 12.8 Å². The van der Waals surface area contributed by atoms with E-state index < -0.39 is 63.6 Å². The lowest BCUT2D eigenvalue weighted by molar-refractivity contribution is -0.247. The third-order valence-corrected chi connectivity index (χ3v) is 16.2. The summed E-state index contributed by atoms with van der Waals surface area (Å²) in [6, 6.07) is -1.95. The molecule has 9 heterocycles. The number of ether oxygens (including phenoxy) is 1. The van der Waals surface area contributed by atoms with Crippen LogP contribution in [0.2, 0.25) is 0 Å². The van der Waals surface area contributed by atoms with E-state index in [4.69, 9.17) is 51.1 Å². The number of halogens is 4. The van der Waals surface area contributed by atoms with Gasteiger partial charge in [-0.25, -0.2) is 42.0 Å². The molecule has 0 amide bonds. The second kappa shape index (κ2) is 5.09.